The smallest absolute Gasteiger partial charge is 0.251 e. The predicted octanol–water partition coefficient (Wildman–Crippen LogP) is 2.12. The van der Waals surface area contributed by atoms with Crippen molar-refractivity contribution in [2.24, 2.45) is 5.92 Å². The van der Waals surface area contributed by atoms with Crippen molar-refractivity contribution in [3.8, 4) is 0 Å². The van der Waals surface area contributed by atoms with Crippen LogP contribution >= 0.6 is 0 Å². The number of ether oxygens (including phenoxy) is 1. The van der Waals surface area contributed by atoms with Gasteiger partial charge in [-0.1, -0.05) is 19.3 Å². The highest BCUT2D eigenvalue weighted by atomic mass is 16.5. The van der Waals surface area contributed by atoms with Crippen LogP contribution in [0.3, 0.4) is 0 Å². The number of hydrogen-bond acceptors (Lipinski definition) is 5. The lowest BCUT2D eigenvalue weighted by Gasteiger charge is -2.44. The van der Waals surface area contributed by atoms with Crippen LogP contribution in [0.4, 0.5) is 0 Å². The number of fused-ring (bicyclic) bond motifs is 2. The largest absolute Gasteiger partial charge is 0.383 e. The van der Waals surface area contributed by atoms with Crippen molar-refractivity contribution in [2.45, 2.75) is 70.0 Å². The normalized spacial score (nSPS) is 24.3. The summed E-state index contributed by atoms with van der Waals surface area (Å²) in [5, 5.41) is 10.5. The van der Waals surface area contributed by atoms with E-state index in [1.54, 1.807) is 0 Å². The van der Waals surface area contributed by atoms with Gasteiger partial charge in [-0.05, 0) is 50.5 Å². The van der Waals surface area contributed by atoms with Crippen molar-refractivity contribution in [2.75, 3.05) is 19.7 Å². The predicted molar refractivity (Wildman–Crippen MR) is 96.5 cm³/mol. The molecule has 2 fully saturated rings. The van der Waals surface area contributed by atoms with Gasteiger partial charge in [0.05, 0.1) is 12.3 Å². The molecule has 3 heterocycles. The molecule has 1 aromatic heterocycles. The summed E-state index contributed by atoms with van der Waals surface area (Å²) in [6, 6.07) is 0. The second-order valence-electron chi connectivity index (χ2n) is 8.05. The number of aryl methyl sites for hydroxylation is 1. The van der Waals surface area contributed by atoms with E-state index in [4.69, 9.17) is 4.74 Å². The number of carbonyl (C=O) groups is 1. The SMILES string of the molecule is Cc1ncc2c(n1)C1(CCN(C(=O)[C@H](O)C3CCCCC3)CC1)OCC2. The van der Waals surface area contributed by atoms with Gasteiger partial charge in [-0.3, -0.25) is 4.79 Å². The molecule has 2 aliphatic heterocycles. The van der Waals surface area contributed by atoms with Crippen LogP contribution in [0.1, 0.15) is 62.0 Å². The number of rotatable bonds is 2. The number of nitrogens with zero attached hydrogens (tertiary/aromatic N) is 3. The third-order valence-corrected chi connectivity index (χ3v) is 6.40. The molecule has 142 valence electrons. The lowest BCUT2D eigenvalue weighted by Crippen LogP contribution is -2.52. The Morgan fingerprint density at radius 3 is 2.77 bits per heavy atom. The van der Waals surface area contributed by atoms with Gasteiger partial charge in [-0.2, -0.15) is 0 Å². The zero-order valence-corrected chi connectivity index (χ0v) is 15.6. The lowest BCUT2D eigenvalue weighted by atomic mass is 9.82. The maximum absolute atomic E-state index is 12.8. The molecule has 1 N–H and O–H groups in total. The molecule has 0 bridgehead atoms. The van der Waals surface area contributed by atoms with E-state index >= 15 is 0 Å². The summed E-state index contributed by atoms with van der Waals surface area (Å²) >= 11 is 0. The van der Waals surface area contributed by atoms with Gasteiger partial charge in [-0.25, -0.2) is 9.97 Å². The summed E-state index contributed by atoms with van der Waals surface area (Å²) < 4.78 is 6.20. The maximum atomic E-state index is 12.8. The molecule has 4 rings (SSSR count). The third-order valence-electron chi connectivity index (χ3n) is 6.40. The number of hydrogen-bond donors (Lipinski definition) is 1. The van der Waals surface area contributed by atoms with Crippen LogP contribution < -0.4 is 0 Å². The van der Waals surface area contributed by atoms with Crippen LogP contribution in [0.25, 0.3) is 0 Å². The first kappa shape index (κ1) is 17.9. The van der Waals surface area contributed by atoms with Crippen LogP contribution in [0.15, 0.2) is 6.20 Å². The van der Waals surface area contributed by atoms with Crippen molar-refractivity contribution in [3.63, 3.8) is 0 Å². The number of aliphatic hydroxyl groups excluding tert-OH is 1. The van der Waals surface area contributed by atoms with Gasteiger partial charge in [0.2, 0.25) is 0 Å². The first-order chi connectivity index (χ1) is 12.6. The molecule has 1 saturated carbocycles. The Morgan fingerprint density at radius 2 is 2.04 bits per heavy atom. The van der Waals surface area contributed by atoms with Gasteiger partial charge in [0.25, 0.3) is 5.91 Å². The Hall–Kier alpha value is -1.53. The molecule has 0 aromatic carbocycles. The summed E-state index contributed by atoms with van der Waals surface area (Å²) in [6.07, 6.45) is 8.82. The molecular weight excluding hydrogens is 330 g/mol. The molecule has 1 spiro atoms. The topological polar surface area (TPSA) is 75.6 Å². The van der Waals surface area contributed by atoms with Gasteiger partial charge >= 0.3 is 0 Å². The van der Waals surface area contributed by atoms with E-state index in [0.29, 0.717) is 19.7 Å². The quantitative estimate of drug-likeness (QED) is 0.875. The van der Waals surface area contributed by atoms with E-state index in [2.05, 4.69) is 9.97 Å². The first-order valence-electron chi connectivity index (χ1n) is 10.0. The molecular formula is C20H29N3O3. The molecule has 1 aromatic rings. The van der Waals surface area contributed by atoms with Crippen molar-refractivity contribution >= 4 is 5.91 Å². The van der Waals surface area contributed by atoms with Crippen molar-refractivity contribution in [1.29, 1.82) is 0 Å². The second kappa shape index (κ2) is 7.24. The zero-order valence-electron chi connectivity index (χ0n) is 15.6. The van der Waals surface area contributed by atoms with E-state index in [1.165, 1.54) is 12.0 Å². The first-order valence-corrected chi connectivity index (χ1v) is 10.0. The number of aliphatic hydroxyl groups is 1. The molecule has 3 aliphatic rings. The van der Waals surface area contributed by atoms with Crippen LogP contribution in [-0.4, -0.2) is 51.7 Å². The Balaban J connectivity index is 1.44. The van der Waals surface area contributed by atoms with Crippen LogP contribution in [0.5, 0.6) is 0 Å². The highest BCUT2D eigenvalue weighted by molar-refractivity contribution is 5.81. The monoisotopic (exact) mass is 359 g/mol. The number of aromatic nitrogens is 2. The van der Waals surface area contributed by atoms with Crippen LogP contribution in [0.2, 0.25) is 0 Å². The molecule has 1 atom stereocenters. The maximum Gasteiger partial charge on any atom is 0.251 e. The minimum Gasteiger partial charge on any atom is -0.383 e. The fourth-order valence-electron chi connectivity index (χ4n) is 4.81. The van der Waals surface area contributed by atoms with Crippen molar-refractivity contribution in [1.82, 2.24) is 14.9 Å². The third kappa shape index (κ3) is 3.25. The summed E-state index contributed by atoms with van der Waals surface area (Å²) in [5.41, 5.74) is 1.79. The van der Waals surface area contributed by atoms with E-state index in [-0.39, 0.29) is 11.8 Å². The minimum absolute atomic E-state index is 0.0957. The number of likely N-dealkylation sites (tertiary alicyclic amines) is 1. The summed E-state index contributed by atoms with van der Waals surface area (Å²) in [7, 11) is 0. The molecule has 6 heteroatoms. The number of amides is 1. The fourth-order valence-corrected chi connectivity index (χ4v) is 4.81. The Labute approximate surface area is 155 Å². The Bertz CT molecular complexity index is 664. The highest BCUT2D eigenvalue weighted by Gasteiger charge is 2.44. The number of carbonyl (C=O) groups excluding carboxylic acids is 1. The molecule has 0 radical (unpaired) electrons. The van der Waals surface area contributed by atoms with Crippen molar-refractivity contribution < 1.29 is 14.6 Å². The van der Waals surface area contributed by atoms with Crippen LogP contribution in [-0.2, 0) is 21.6 Å². The Kier molecular flexibility index (Phi) is 4.97. The summed E-state index contributed by atoms with van der Waals surface area (Å²) in [5.74, 6) is 0.802. The fraction of sp³-hybridized carbons (Fsp3) is 0.750. The van der Waals surface area contributed by atoms with E-state index < -0.39 is 11.7 Å². The Morgan fingerprint density at radius 1 is 1.31 bits per heavy atom. The van der Waals surface area contributed by atoms with Crippen LogP contribution in [0, 0.1) is 12.8 Å². The summed E-state index contributed by atoms with van der Waals surface area (Å²) in [4.78, 5) is 23.6. The minimum atomic E-state index is -0.839. The molecule has 0 unspecified atom stereocenters. The zero-order chi connectivity index (χ0) is 18.1. The van der Waals surface area contributed by atoms with Gasteiger partial charge in [0.15, 0.2) is 0 Å². The molecule has 1 amide bonds. The van der Waals surface area contributed by atoms with E-state index in [9.17, 15) is 9.90 Å². The highest BCUT2D eigenvalue weighted by Crippen LogP contribution is 2.40. The average molecular weight is 359 g/mol. The second-order valence-corrected chi connectivity index (χ2v) is 8.05. The van der Waals surface area contributed by atoms with Gasteiger partial charge in [0.1, 0.15) is 17.5 Å². The molecule has 1 saturated heterocycles. The summed E-state index contributed by atoms with van der Waals surface area (Å²) in [6.45, 7) is 3.82. The molecule has 26 heavy (non-hydrogen) atoms. The number of piperidine rings is 1. The molecule has 1 aliphatic carbocycles. The van der Waals surface area contributed by atoms with Gasteiger partial charge < -0.3 is 14.7 Å². The van der Waals surface area contributed by atoms with Gasteiger partial charge in [-0.15, -0.1) is 0 Å². The van der Waals surface area contributed by atoms with E-state index in [0.717, 1.165) is 56.5 Å². The van der Waals surface area contributed by atoms with Crippen molar-refractivity contribution in [3.05, 3.63) is 23.3 Å². The average Bonchev–Trinajstić information content (AvgIpc) is 2.69. The van der Waals surface area contributed by atoms with Gasteiger partial charge in [0, 0.05) is 19.3 Å². The standard InChI is InChI=1S/C20H29N3O3/c1-14-21-13-16-7-12-26-20(18(16)22-14)8-10-23(11-9-20)19(25)17(24)15-5-3-2-4-6-15/h13,15,17,24H,2-12H2,1H3/t17-/m1/s1. The molecule has 6 nitrogen and oxygen atoms in total. The van der Waals surface area contributed by atoms with E-state index in [1.807, 2.05) is 18.0 Å². The lowest BCUT2D eigenvalue weighted by molar-refractivity contribution is -0.152.